The molecule has 1 N–H and O–H groups in total. The molecule has 0 aliphatic carbocycles. The Kier molecular flexibility index (Phi) is 5.14. The highest BCUT2D eigenvalue weighted by Crippen LogP contribution is 2.13. The van der Waals surface area contributed by atoms with Crippen molar-refractivity contribution in [1.82, 2.24) is 9.78 Å². The molecule has 0 bridgehead atoms. The molecule has 0 aliphatic heterocycles. The van der Waals surface area contributed by atoms with E-state index in [1.54, 1.807) is 6.20 Å². The molecule has 112 valence electrons. The number of aryl methyl sites for hydroxylation is 3. The summed E-state index contributed by atoms with van der Waals surface area (Å²) in [4.78, 5) is 12.2. The lowest BCUT2D eigenvalue weighted by Gasteiger charge is -2.10. The molecule has 0 aliphatic rings. The summed E-state index contributed by atoms with van der Waals surface area (Å²) in [7, 11) is 0. The van der Waals surface area contributed by atoms with Crippen molar-refractivity contribution >= 4 is 11.7 Å². The number of aromatic nitrogens is 2. The molecule has 0 radical (unpaired) electrons. The number of anilines is 1. The number of unbranched alkanes of at least 4 members (excludes halogenated alkanes) is 1. The van der Waals surface area contributed by atoms with Crippen LogP contribution in [0.15, 0.2) is 30.5 Å². The Bertz CT molecular complexity index is 616. The first-order valence-electron chi connectivity index (χ1n) is 7.48. The zero-order valence-electron chi connectivity index (χ0n) is 13.0. The van der Waals surface area contributed by atoms with Crippen molar-refractivity contribution in [2.75, 3.05) is 5.32 Å². The van der Waals surface area contributed by atoms with E-state index in [0.717, 1.165) is 36.3 Å². The molecule has 4 nitrogen and oxygen atoms in total. The third-order valence-electron chi connectivity index (χ3n) is 3.56. The SMILES string of the molecule is CCCCn1nccc1NC(=O)Cc1cc(C)ccc1C. The quantitative estimate of drug-likeness (QED) is 0.883. The number of amides is 1. The summed E-state index contributed by atoms with van der Waals surface area (Å²) < 4.78 is 1.85. The van der Waals surface area contributed by atoms with Gasteiger partial charge in [0.15, 0.2) is 0 Å². The van der Waals surface area contributed by atoms with Crippen LogP contribution in [0.3, 0.4) is 0 Å². The minimum Gasteiger partial charge on any atom is -0.311 e. The fourth-order valence-corrected chi connectivity index (χ4v) is 2.28. The number of benzene rings is 1. The lowest BCUT2D eigenvalue weighted by atomic mass is 10.0. The molecule has 1 aromatic heterocycles. The maximum atomic E-state index is 12.2. The van der Waals surface area contributed by atoms with E-state index in [4.69, 9.17) is 0 Å². The highest BCUT2D eigenvalue weighted by Gasteiger charge is 2.09. The number of nitrogens with zero attached hydrogens (tertiary/aromatic N) is 2. The predicted molar refractivity (Wildman–Crippen MR) is 85.4 cm³/mol. The number of hydrogen-bond donors (Lipinski definition) is 1. The van der Waals surface area contributed by atoms with E-state index in [2.05, 4.69) is 35.5 Å². The summed E-state index contributed by atoms with van der Waals surface area (Å²) in [5.41, 5.74) is 3.40. The Morgan fingerprint density at radius 1 is 1.29 bits per heavy atom. The average Bonchev–Trinajstić information content (AvgIpc) is 2.87. The largest absolute Gasteiger partial charge is 0.311 e. The van der Waals surface area contributed by atoms with Gasteiger partial charge in [-0.2, -0.15) is 5.10 Å². The molecule has 1 heterocycles. The first-order valence-corrected chi connectivity index (χ1v) is 7.48. The zero-order chi connectivity index (χ0) is 15.2. The van der Waals surface area contributed by atoms with Gasteiger partial charge in [0.25, 0.3) is 0 Å². The average molecular weight is 285 g/mol. The molecule has 0 saturated carbocycles. The third kappa shape index (κ3) is 4.18. The molecular formula is C17H23N3O. The van der Waals surface area contributed by atoms with Crippen LogP contribution < -0.4 is 5.32 Å². The monoisotopic (exact) mass is 285 g/mol. The van der Waals surface area contributed by atoms with Crippen LogP contribution in [-0.4, -0.2) is 15.7 Å². The minimum absolute atomic E-state index is 0.00180. The van der Waals surface area contributed by atoms with Crippen LogP contribution in [-0.2, 0) is 17.8 Å². The second-order valence-corrected chi connectivity index (χ2v) is 5.45. The summed E-state index contributed by atoms with van der Waals surface area (Å²) in [6, 6.07) is 8.04. The van der Waals surface area contributed by atoms with Crippen molar-refractivity contribution < 1.29 is 4.79 Å². The Labute approximate surface area is 126 Å². The molecule has 0 unspecified atom stereocenters. The molecule has 2 aromatic rings. The van der Waals surface area contributed by atoms with Gasteiger partial charge in [-0.05, 0) is 31.4 Å². The molecule has 21 heavy (non-hydrogen) atoms. The van der Waals surface area contributed by atoms with Crippen LogP contribution >= 0.6 is 0 Å². The van der Waals surface area contributed by atoms with E-state index in [0.29, 0.717) is 6.42 Å². The van der Waals surface area contributed by atoms with E-state index < -0.39 is 0 Å². The van der Waals surface area contributed by atoms with Crippen LogP contribution in [0.5, 0.6) is 0 Å². The van der Waals surface area contributed by atoms with Crippen LogP contribution in [0.4, 0.5) is 5.82 Å². The van der Waals surface area contributed by atoms with E-state index in [-0.39, 0.29) is 5.91 Å². The summed E-state index contributed by atoms with van der Waals surface area (Å²) >= 11 is 0. The molecule has 4 heteroatoms. The topological polar surface area (TPSA) is 46.9 Å². The first-order chi connectivity index (χ1) is 10.1. The van der Waals surface area contributed by atoms with Crippen LogP contribution in [0, 0.1) is 13.8 Å². The van der Waals surface area contributed by atoms with Crippen LogP contribution in [0.2, 0.25) is 0 Å². The third-order valence-corrected chi connectivity index (χ3v) is 3.56. The van der Waals surface area contributed by atoms with Crippen molar-refractivity contribution in [3.05, 3.63) is 47.2 Å². The van der Waals surface area contributed by atoms with E-state index in [1.165, 1.54) is 5.56 Å². The van der Waals surface area contributed by atoms with Crippen molar-refractivity contribution in [3.63, 3.8) is 0 Å². The van der Waals surface area contributed by atoms with Crippen molar-refractivity contribution in [3.8, 4) is 0 Å². The molecule has 1 amide bonds. The molecule has 0 spiro atoms. The van der Waals surface area contributed by atoms with Gasteiger partial charge in [0.05, 0.1) is 12.6 Å². The lowest BCUT2D eigenvalue weighted by molar-refractivity contribution is -0.115. The summed E-state index contributed by atoms with van der Waals surface area (Å²) in [6.45, 7) is 7.05. The number of carbonyl (C=O) groups is 1. The van der Waals surface area contributed by atoms with Gasteiger partial charge in [0, 0.05) is 12.6 Å². The predicted octanol–water partition coefficient (Wildman–Crippen LogP) is 3.48. The number of nitrogens with one attached hydrogen (secondary N) is 1. The number of carbonyl (C=O) groups excluding carboxylic acids is 1. The Balaban J connectivity index is 2.02. The molecule has 1 aromatic carbocycles. The molecule has 0 saturated heterocycles. The molecule has 2 rings (SSSR count). The minimum atomic E-state index is 0.00180. The van der Waals surface area contributed by atoms with Gasteiger partial charge in [0.1, 0.15) is 5.82 Å². The fraction of sp³-hybridized carbons (Fsp3) is 0.412. The van der Waals surface area contributed by atoms with E-state index >= 15 is 0 Å². The van der Waals surface area contributed by atoms with Gasteiger partial charge in [-0.15, -0.1) is 0 Å². The Morgan fingerprint density at radius 3 is 2.86 bits per heavy atom. The van der Waals surface area contributed by atoms with Crippen molar-refractivity contribution in [1.29, 1.82) is 0 Å². The summed E-state index contributed by atoms with van der Waals surface area (Å²) in [6.07, 6.45) is 4.28. The summed E-state index contributed by atoms with van der Waals surface area (Å²) in [5, 5.41) is 7.20. The smallest absolute Gasteiger partial charge is 0.229 e. The maximum Gasteiger partial charge on any atom is 0.229 e. The van der Waals surface area contributed by atoms with Crippen LogP contribution in [0.1, 0.15) is 36.5 Å². The van der Waals surface area contributed by atoms with Gasteiger partial charge >= 0.3 is 0 Å². The Hall–Kier alpha value is -2.10. The molecular weight excluding hydrogens is 262 g/mol. The Morgan fingerprint density at radius 2 is 2.10 bits per heavy atom. The zero-order valence-corrected chi connectivity index (χ0v) is 13.0. The number of rotatable bonds is 6. The summed E-state index contributed by atoms with van der Waals surface area (Å²) in [5.74, 6) is 0.778. The normalized spacial score (nSPS) is 10.6. The maximum absolute atomic E-state index is 12.2. The fourth-order valence-electron chi connectivity index (χ4n) is 2.28. The molecule has 0 fully saturated rings. The van der Waals surface area contributed by atoms with Gasteiger partial charge in [0.2, 0.25) is 5.91 Å². The van der Waals surface area contributed by atoms with E-state index in [9.17, 15) is 4.79 Å². The van der Waals surface area contributed by atoms with Crippen molar-refractivity contribution in [2.24, 2.45) is 0 Å². The second-order valence-electron chi connectivity index (χ2n) is 5.45. The van der Waals surface area contributed by atoms with Crippen molar-refractivity contribution in [2.45, 2.75) is 46.6 Å². The highest BCUT2D eigenvalue weighted by atomic mass is 16.1. The first kappa shape index (κ1) is 15.3. The van der Waals surface area contributed by atoms with Crippen LogP contribution in [0.25, 0.3) is 0 Å². The van der Waals surface area contributed by atoms with Gasteiger partial charge < -0.3 is 5.32 Å². The van der Waals surface area contributed by atoms with Gasteiger partial charge in [-0.3, -0.25) is 4.79 Å². The molecule has 0 atom stereocenters. The second kappa shape index (κ2) is 7.07. The van der Waals surface area contributed by atoms with E-state index in [1.807, 2.05) is 24.6 Å². The number of hydrogen-bond acceptors (Lipinski definition) is 2. The standard InChI is InChI=1S/C17H23N3O/c1-4-5-10-20-16(8-9-18-20)19-17(21)12-15-11-13(2)6-7-14(15)3/h6-9,11H,4-5,10,12H2,1-3H3,(H,19,21). The lowest BCUT2D eigenvalue weighted by Crippen LogP contribution is -2.18. The van der Waals surface area contributed by atoms with Gasteiger partial charge in [-0.1, -0.05) is 37.1 Å². The highest BCUT2D eigenvalue weighted by molar-refractivity contribution is 5.91. The van der Waals surface area contributed by atoms with Gasteiger partial charge in [-0.25, -0.2) is 4.68 Å².